The maximum Gasteiger partial charge on any atom is 0.253 e. The maximum atomic E-state index is 12.6. The van der Waals surface area contributed by atoms with Crippen LogP contribution in [0.15, 0.2) is 42.5 Å². The Morgan fingerprint density at radius 1 is 1.16 bits per heavy atom. The van der Waals surface area contributed by atoms with E-state index in [1.165, 1.54) is 5.56 Å². The average Bonchev–Trinajstić information content (AvgIpc) is 2.62. The number of fused-ring (bicyclic) bond motifs is 1. The number of benzene rings is 2. The first kappa shape index (κ1) is 17.0. The number of carbonyl (C=O) groups is 2. The van der Waals surface area contributed by atoms with Gasteiger partial charge in [-0.25, -0.2) is 0 Å². The van der Waals surface area contributed by atoms with Crippen LogP contribution in [0.25, 0.3) is 0 Å². The van der Waals surface area contributed by atoms with Crippen molar-refractivity contribution in [3.8, 4) is 5.75 Å². The Labute approximate surface area is 147 Å². The van der Waals surface area contributed by atoms with Gasteiger partial charge in [-0.05, 0) is 49.2 Å². The number of hydrogen-bond donors (Lipinski definition) is 1. The normalized spacial score (nSPS) is 13.0. The summed E-state index contributed by atoms with van der Waals surface area (Å²) in [4.78, 5) is 25.6. The van der Waals surface area contributed by atoms with Crippen LogP contribution in [0.1, 0.15) is 27.9 Å². The number of ether oxygens (including phenoxy) is 1. The second-order valence-electron chi connectivity index (χ2n) is 6.31. The molecule has 5 nitrogen and oxygen atoms in total. The Hall–Kier alpha value is -2.82. The zero-order chi connectivity index (χ0) is 17.8. The van der Waals surface area contributed by atoms with Crippen molar-refractivity contribution in [1.29, 1.82) is 0 Å². The smallest absolute Gasteiger partial charge is 0.253 e. The molecule has 0 radical (unpaired) electrons. The molecule has 0 saturated carbocycles. The number of hydrogen-bond acceptors (Lipinski definition) is 3. The molecule has 2 amide bonds. The summed E-state index contributed by atoms with van der Waals surface area (Å²) < 4.78 is 5.68. The van der Waals surface area contributed by atoms with Gasteiger partial charge in [-0.3, -0.25) is 9.59 Å². The fraction of sp³-hybridized carbons (Fsp3) is 0.300. The number of aryl methyl sites for hydroxylation is 2. The molecule has 1 heterocycles. The predicted octanol–water partition coefficient (Wildman–Crippen LogP) is 3.03. The summed E-state index contributed by atoms with van der Waals surface area (Å²) in [6.07, 6.45) is 1.13. The minimum Gasteiger partial charge on any atom is -0.492 e. The van der Waals surface area contributed by atoms with Crippen molar-refractivity contribution in [2.45, 2.75) is 19.8 Å². The Balaban J connectivity index is 1.57. The van der Waals surface area contributed by atoms with E-state index in [4.69, 9.17) is 4.74 Å². The van der Waals surface area contributed by atoms with Crippen molar-refractivity contribution < 1.29 is 14.3 Å². The van der Waals surface area contributed by atoms with Gasteiger partial charge in [0, 0.05) is 24.7 Å². The lowest BCUT2D eigenvalue weighted by molar-refractivity contribution is -0.116. The third kappa shape index (κ3) is 4.18. The molecule has 130 valence electrons. The minimum atomic E-state index is -0.0489. The highest BCUT2D eigenvalue weighted by atomic mass is 16.5. The van der Waals surface area contributed by atoms with E-state index in [2.05, 4.69) is 5.32 Å². The first-order valence-corrected chi connectivity index (χ1v) is 8.40. The fourth-order valence-electron chi connectivity index (χ4n) is 2.77. The van der Waals surface area contributed by atoms with Crippen molar-refractivity contribution in [3.05, 3.63) is 59.2 Å². The standard InChI is InChI=1S/C20H22N2O3/c1-14-3-7-17(8-4-14)25-12-11-22(2)20(24)16-5-9-18-15(13-16)6-10-19(23)21-18/h3-5,7-9,13H,6,10-12H2,1-2H3,(H,21,23). The van der Waals surface area contributed by atoms with Gasteiger partial charge in [0.15, 0.2) is 0 Å². The van der Waals surface area contributed by atoms with Crippen LogP contribution in [0.4, 0.5) is 5.69 Å². The summed E-state index contributed by atoms with van der Waals surface area (Å²) in [6, 6.07) is 13.3. The lowest BCUT2D eigenvalue weighted by Gasteiger charge is -2.20. The van der Waals surface area contributed by atoms with E-state index in [1.54, 1.807) is 24.1 Å². The average molecular weight is 338 g/mol. The number of nitrogens with zero attached hydrogens (tertiary/aromatic N) is 1. The Morgan fingerprint density at radius 3 is 2.68 bits per heavy atom. The highest BCUT2D eigenvalue weighted by Crippen LogP contribution is 2.24. The second-order valence-corrected chi connectivity index (χ2v) is 6.31. The molecule has 5 heteroatoms. The molecule has 1 aliphatic rings. The van der Waals surface area contributed by atoms with Crippen molar-refractivity contribution in [2.24, 2.45) is 0 Å². The van der Waals surface area contributed by atoms with Gasteiger partial charge in [-0.1, -0.05) is 17.7 Å². The molecule has 0 saturated heterocycles. The van der Waals surface area contributed by atoms with Crippen molar-refractivity contribution in [2.75, 3.05) is 25.5 Å². The van der Waals surface area contributed by atoms with Gasteiger partial charge in [0.2, 0.25) is 5.91 Å². The van der Waals surface area contributed by atoms with Gasteiger partial charge in [0.25, 0.3) is 5.91 Å². The van der Waals surface area contributed by atoms with Crippen molar-refractivity contribution in [3.63, 3.8) is 0 Å². The van der Waals surface area contributed by atoms with E-state index < -0.39 is 0 Å². The van der Waals surface area contributed by atoms with Crippen LogP contribution in [0.3, 0.4) is 0 Å². The number of carbonyl (C=O) groups excluding carboxylic acids is 2. The van der Waals surface area contributed by atoms with Gasteiger partial charge in [-0.15, -0.1) is 0 Å². The van der Waals surface area contributed by atoms with Crippen LogP contribution in [0, 0.1) is 6.92 Å². The van der Waals surface area contributed by atoms with Crippen LogP contribution >= 0.6 is 0 Å². The molecule has 25 heavy (non-hydrogen) atoms. The molecule has 2 aromatic carbocycles. The largest absolute Gasteiger partial charge is 0.492 e. The first-order valence-electron chi connectivity index (χ1n) is 8.40. The van der Waals surface area contributed by atoms with E-state index >= 15 is 0 Å². The molecule has 0 fully saturated rings. The summed E-state index contributed by atoms with van der Waals surface area (Å²) in [7, 11) is 1.77. The molecule has 1 N–H and O–H groups in total. The number of rotatable bonds is 5. The third-order valence-corrected chi connectivity index (χ3v) is 4.31. The van der Waals surface area contributed by atoms with Crippen molar-refractivity contribution in [1.82, 2.24) is 4.90 Å². The number of anilines is 1. The molecule has 0 bridgehead atoms. The molecule has 1 aliphatic heterocycles. The number of likely N-dealkylation sites (N-methyl/N-ethyl adjacent to an activating group) is 1. The zero-order valence-electron chi connectivity index (χ0n) is 14.5. The first-order chi connectivity index (χ1) is 12.0. The molecule has 0 aliphatic carbocycles. The monoisotopic (exact) mass is 338 g/mol. The zero-order valence-corrected chi connectivity index (χ0v) is 14.5. The molecule has 0 spiro atoms. The summed E-state index contributed by atoms with van der Waals surface area (Å²) in [5.41, 5.74) is 3.63. The molecular formula is C20H22N2O3. The molecular weight excluding hydrogens is 316 g/mol. The van der Waals surface area contributed by atoms with Crippen molar-refractivity contribution >= 4 is 17.5 Å². The SMILES string of the molecule is Cc1ccc(OCCN(C)C(=O)c2ccc3c(c2)CCC(=O)N3)cc1. The lowest BCUT2D eigenvalue weighted by Crippen LogP contribution is -2.31. The van der Waals surface area contributed by atoms with Crippen LogP contribution < -0.4 is 10.1 Å². The van der Waals surface area contributed by atoms with E-state index in [-0.39, 0.29) is 11.8 Å². The third-order valence-electron chi connectivity index (χ3n) is 4.31. The minimum absolute atomic E-state index is 0.0250. The Kier molecular flexibility index (Phi) is 5.03. The van der Waals surface area contributed by atoms with Crippen LogP contribution in [0.5, 0.6) is 5.75 Å². The lowest BCUT2D eigenvalue weighted by atomic mass is 10.00. The van der Waals surface area contributed by atoms with E-state index in [9.17, 15) is 9.59 Å². The Morgan fingerprint density at radius 2 is 1.92 bits per heavy atom. The van der Waals surface area contributed by atoms with Gasteiger partial charge < -0.3 is 15.0 Å². The van der Waals surface area contributed by atoms with Gasteiger partial charge in [-0.2, -0.15) is 0 Å². The molecule has 0 unspecified atom stereocenters. The summed E-state index contributed by atoms with van der Waals surface area (Å²) in [5.74, 6) is 0.778. The molecule has 3 rings (SSSR count). The highest BCUT2D eigenvalue weighted by Gasteiger charge is 2.18. The molecule has 0 atom stereocenters. The second kappa shape index (κ2) is 7.38. The molecule has 0 aromatic heterocycles. The van der Waals surface area contributed by atoms with Gasteiger partial charge in [0.05, 0.1) is 6.54 Å². The van der Waals surface area contributed by atoms with Crippen LogP contribution in [0.2, 0.25) is 0 Å². The molecule has 2 aromatic rings. The quantitative estimate of drug-likeness (QED) is 0.912. The van der Waals surface area contributed by atoms with E-state index in [0.29, 0.717) is 31.6 Å². The predicted molar refractivity (Wildman–Crippen MR) is 97.0 cm³/mol. The van der Waals surface area contributed by atoms with Crippen LogP contribution in [-0.2, 0) is 11.2 Å². The Bertz CT molecular complexity index is 784. The fourth-order valence-corrected chi connectivity index (χ4v) is 2.77. The summed E-state index contributed by atoms with van der Waals surface area (Å²) >= 11 is 0. The maximum absolute atomic E-state index is 12.6. The topological polar surface area (TPSA) is 58.6 Å². The summed E-state index contributed by atoms with van der Waals surface area (Å²) in [5, 5.41) is 2.83. The van der Waals surface area contributed by atoms with Gasteiger partial charge in [0.1, 0.15) is 12.4 Å². The highest BCUT2D eigenvalue weighted by molar-refractivity contribution is 5.97. The number of nitrogens with one attached hydrogen (secondary N) is 1. The van der Waals surface area contributed by atoms with Gasteiger partial charge >= 0.3 is 0 Å². The number of amides is 2. The van der Waals surface area contributed by atoms with Crippen LogP contribution in [-0.4, -0.2) is 36.9 Å². The van der Waals surface area contributed by atoms with E-state index in [0.717, 1.165) is 17.0 Å². The summed E-state index contributed by atoms with van der Waals surface area (Å²) in [6.45, 7) is 2.97. The van der Waals surface area contributed by atoms with E-state index in [1.807, 2.05) is 37.3 Å².